The second-order valence-electron chi connectivity index (χ2n) is 9.41. The Hall–Kier alpha value is -2.72. The maximum Gasteiger partial charge on any atom is 0.124 e. The summed E-state index contributed by atoms with van der Waals surface area (Å²) in [6.07, 6.45) is 3.51. The van der Waals surface area contributed by atoms with Crippen LogP contribution in [0.2, 0.25) is 0 Å². The van der Waals surface area contributed by atoms with Gasteiger partial charge in [0.25, 0.3) is 0 Å². The van der Waals surface area contributed by atoms with Crippen molar-refractivity contribution in [3.8, 4) is 5.75 Å². The molecule has 1 saturated heterocycles. The summed E-state index contributed by atoms with van der Waals surface area (Å²) in [4.78, 5) is 8.72. The van der Waals surface area contributed by atoms with Crippen molar-refractivity contribution in [1.82, 2.24) is 14.8 Å². The highest BCUT2D eigenvalue weighted by atomic mass is 16.5. The fourth-order valence-corrected chi connectivity index (χ4v) is 5.48. The third-order valence-corrected chi connectivity index (χ3v) is 7.11. The van der Waals surface area contributed by atoms with Crippen LogP contribution in [-0.4, -0.2) is 46.6 Å². The van der Waals surface area contributed by atoms with E-state index in [-0.39, 0.29) is 6.04 Å². The molecular formula is C28H35N3O. The lowest BCUT2D eigenvalue weighted by atomic mass is 9.88. The van der Waals surface area contributed by atoms with Crippen LogP contribution >= 0.6 is 0 Å². The number of para-hydroxylation sites is 1. The Morgan fingerprint density at radius 1 is 1.09 bits per heavy atom. The van der Waals surface area contributed by atoms with Gasteiger partial charge in [-0.05, 0) is 62.1 Å². The lowest BCUT2D eigenvalue weighted by Crippen LogP contribution is -2.53. The summed E-state index contributed by atoms with van der Waals surface area (Å²) >= 11 is 0. The maximum atomic E-state index is 6.22. The molecule has 2 aliphatic heterocycles. The van der Waals surface area contributed by atoms with Crippen molar-refractivity contribution in [2.75, 3.05) is 19.6 Å². The lowest BCUT2D eigenvalue weighted by Gasteiger charge is -2.43. The molecule has 0 amide bonds. The minimum atomic E-state index is 0.145. The molecule has 1 fully saturated rings. The predicted octanol–water partition coefficient (Wildman–Crippen LogP) is 5.90. The number of aromatic nitrogens is 1. The Bertz CT molecular complexity index is 1090. The second-order valence-corrected chi connectivity index (χ2v) is 9.41. The first-order chi connectivity index (χ1) is 15.6. The quantitative estimate of drug-likeness (QED) is 0.507. The average Bonchev–Trinajstić information content (AvgIpc) is 3.15. The molecule has 0 bridgehead atoms. The van der Waals surface area contributed by atoms with Crippen molar-refractivity contribution >= 4 is 10.9 Å². The van der Waals surface area contributed by atoms with E-state index < -0.39 is 0 Å². The Labute approximate surface area is 191 Å². The molecule has 0 aliphatic carbocycles. The van der Waals surface area contributed by atoms with Crippen molar-refractivity contribution in [3.05, 3.63) is 77.6 Å². The minimum Gasteiger partial charge on any atom is -0.488 e. The first kappa shape index (κ1) is 21.1. The van der Waals surface area contributed by atoms with Crippen molar-refractivity contribution in [3.63, 3.8) is 0 Å². The van der Waals surface area contributed by atoms with Gasteiger partial charge in [-0.25, -0.2) is 0 Å². The molecule has 0 unspecified atom stereocenters. The summed E-state index contributed by atoms with van der Waals surface area (Å²) in [6, 6.07) is 18.0. The zero-order valence-electron chi connectivity index (χ0n) is 19.6. The van der Waals surface area contributed by atoms with E-state index in [1.165, 1.54) is 46.4 Å². The molecule has 1 N–H and O–H groups in total. The van der Waals surface area contributed by atoms with Gasteiger partial charge in [0, 0.05) is 41.4 Å². The molecule has 2 atom stereocenters. The number of hydrogen-bond donors (Lipinski definition) is 1. The van der Waals surface area contributed by atoms with E-state index in [1.54, 1.807) is 0 Å². The predicted molar refractivity (Wildman–Crippen MR) is 132 cm³/mol. The Balaban J connectivity index is 1.45. The van der Waals surface area contributed by atoms with Crippen LogP contribution < -0.4 is 4.74 Å². The van der Waals surface area contributed by atoms with Crippen LogP contribution in [0, 0.1) is 0 Å². The fourth-order valence-electron chi connectivity index (χ4n) is 5.48. The molecule has 168 valence electrons. The smallest absolute Gasteiger partial charge is 0.124 e. The van der Waals surface area contributed by atoms with E-state index >= 15 is 0 Å². The minimum absolute atomic E-state index is 0.145. The first-order valence-electron chi connectivity index (χ1n) is 12.1. The highest BCUT2D eigenvalue weighted by molar-refractivity contribution is 5.85. The van der Waals surface area contributed by atoms with Crippen LogP contribution in [0.25, 0.3) is 10.9 Å². The van der Waals surface area contributed by atoms with Crippen molar-refractivity contribution in [2.24, 2.45) is 0 Å². The molecule has 0 radical (unpaired) electrons. The number of nitrogens with one attached hydrogen (secondary N) is 1. The van der Waals surface area contributed by atoms with Crippen LogP contribution in [0.5, 0.6) is 5.75 Å². The van der Waals surface area contributed by atoms with Gasteiger partial charge in [-0.1, -0.05) is 50.8 Å². The van der Waals surface area contributed by atoms with Crippen molar-refractivity contribution in [1.29, 1.82) is 0 Å². The van der Waals surface area contributed by atoms with Gasteiger partial charge < -0.3 is 14.6 Å². The highest BCUT2D eigenvalue weighted by Gasteiger charge is 2.36. The van der Waals surface area contributed by atoms with Gasteiger partial charge in [0.2, 0.25) is 0 Å². The third-order valence-electron chi connectivity index (χ3n) is 7.11. The normalized spacial score (nSPS) is 21.4. The van der Waals surface area contributed by atoms with E-state index in [2.05, 4.69) is 90.7 Å². The molecule has 4 nitrogen and oxygen atoms in total. The molecule has 2 aliphatic rings. The highest BCUT2D eigenvalue weighted by Crippen LogP contribution is 2.43. The number of benzene rings is 2. The number of rotatable bonds is 7. The largest absolute Gasteiger partial charge is 0.488 e. The number of aromatic amines is 1. The first-order valence-corrected chi connectivity index (χ1v) is 12.1. The van der Waals surface area contributed by atoms with Gasteiger partial charge in [-0.15, -0.1) is 0 Å². The number of H-pyrrole nitrogens is 1. The Morgan fingerprint density at radius 2 is 1.84 bits per heavy atom. The second kappa shape index (κ2) is 8.67. The molecule has 3 aromatic rings. The maximum absolute atomic E-state index is 6.22. The molecule has 0 spiro atoms. The number of hydrogen-bond acceptors (Lipinski definition) is 3. The molecular weight excluding hydrogens is 394 g/mol. The van der Waals surface area contributed by atoms with E-state index in [1.807, 2.05) is 0 Å². The van der Waals surface area contributed by atoms with Crippen LogP contribution in [0.4, 0.5) is 0 Å². The monoisotopic (exact) mass is 429 g/mol. The zero-order chi connectivity index (χ0) is 22.2. The van der Waals surface area contributed by atoms with Crippen molar-refractivity contribution in [2.45, 2.75) is 58.2 Å². The van der Waals surface area contributed by atoms with Gasteiger partial charge in [0.15, 0.2) is 0 Å². The van der Waals surface area contributed by atoms with Gasteiger partial charge in [-0.3, -0.25) is 4.90 Å². The third kappa shape index (κ3) is 3.71. The zero-order valence-corrected chi connectivity index (χ0v) is 19.6. The van der Waals surface area contributed by atoms with Crippen LogP contribution in [-0.2, 0) is 6.42 Å². The van der Waals surface area contributed by atoms with E-state index in [9.17, 15) is 0 Å². The summed E-state index contributed by atoms with van der Waals surface area (Å²) in [7, 11) is 0. The fraction of sp³-hybridized carbons (Fsp3) is 0.429. The number of fused-ring (bicyclic) bond motifs is 3. The number of likely N-dealkylation sites (tertiary alicyclic amines) is 1. The summed E-state index contributed by atoms with van der Waals surface area (Å²) in [5.41, 5.74) is 6.45. The number of allylic oxidation sites excluding steroid dienone is 1. The molecule has 3 heterocycles. The summed E-state index contributed by atoms with van der Waals surface area (Å²) in [5, 5.41) is 1.35. The molecule has 0 saturated carbocycles. The van der Waals surface area contributed by atoms with Gasteiger partial charge in [0.1, 0.15) is 11.9 Å². The van der Waals surface area contributed by atoms with Gasteiger partial charge >= 0.3 is 0 Å². The van der Waals surface area contributed by atoms with Crippen LogP contribution in [0.1, 0.15) is 56.5 Å². The number of nitrogens with zero attached hydrogens (tertiary/aromatic N) is 2. The van der Waals surface area contributed by atoms with E-state index in [0.29, 0.717) is 12.1 Å². The summed E-state index contributed by atoms with van der Waals surface area (Å²) in [5.74, 6) is 0.969. The lowest BCUT2D eigenvalue weighted by molar-refractivity contribution is 0.0202. The average molecular weight is 430 g/mol. The standard InChI is InChI=1S/C28H35N3O/c1-5-15-30-17-23(18-30)32-22-13-11-21(12-14-22)28-27-25(16-20(4)31(28)19(3)6-2)24-9-7-8-10-26(24)29-27/h7-14,20,23,28-29H,3,5-6,15-18H2,1-2,4H3/t20-,28-/m1/s1. The molecule has 4 heteroatoms. The van der Waals surface area contributed by atoms with Crippen molar-refractivity contribution < 1.29 is 4.74 Å². The van der Waals surface area contributed by atoms with E-state index in [4.69, 9.17) is 4.74 Å². The van der Waals surface area contributed by atoms with Gasteiger partial charge in [-0.2, -0.15) is 0 Å². The SMILES string of the molecule is C=C(CC)N1[C@H](c2ccc(OC3CN(CCC)C3)cc2)c2[nH]c3ccccc3c2C[C@H]1C. The van der Waals surface area contributed by atoms with Crippen LogP contribution in [0.3, 0.4) is 0 Å². The topological polar surface area (TPSA) is 31.5 Å². The molecule has 32 heavy (non-hydrogen) atoms. The Morgan fingerprint density at radius 3 is 2.56 bits per heavy atom. The van der Waals surface area contributed by atoms with E-state index in [0.717, 1.165) is 31.7 Å². The summed E-state index contributed by atoms with van der Waals surface area (Å²) < 4.78 is 6.22. The molecule has 5 rings (SSSR count). The Kier molecular flexibility index (Phi) is 5.73. The molecule has 1 aromatic heterocycles. The summed E-state index contributed by atoms with van der Waals surface area (Å²) in [6.45, 7) is 14.4. The number of ether oxygens (including phenoxy) is 1. The van der Waals surface area contributed by atoms with Crippen LogP contribution in [0.15, 0.2) is 60.8 Å². The van der Waals surface area contributed by atoms with Gasteiger partial charge in [0.05, 0.1) is 6.04 Å². The molecule has 2 aromatic carbocycles.